The smallest absolute Gasteiger partial charge is 0.277 e. The van der Waals surface area contributed by atoms with Gasteiger partial charge in [-0.2, -0.15) is 0 Å². The van der Waals surface area contributed by atoms with E-state index in [1.807, 2.05) is 24.7 Å². The van der Waals surface area contributed by atoms with Gasteiger partial charge in [-0.1, -0.05) is 0 Å². The minimum absolute atomic E-state index is 0.0258. The molecular weight excluding hydrogens is 488 g/mol. The number of aromatic nitrogens is 3. The van der Waals surface area contributed by atoms with Crippen LogP contribution < -0.4 is 5.32 Å². The summed E-state index contributed by atoms with van der Waals surface area (Å²) in [4.78, 5) is 25.4. The summed E-state index contributed by atoms with van der Waals surface area (Å²) in [6.07, 6.45) is 1.88. The fourth-order valence-electron chi connectivity index (χ4n) is 4.39. The van der Waals surface area contributed by atoms with Crippen molar-refractivity contribution in [1.82, 2.24) is 14.5 Å². The zero-order valence-corrected chi connectivity index (χ0v) is 20.9. The summed E-state index contributed by atoms with van der Waals surface area (Å²) in [6.45, 7) is 1.85. The highest BCUT2D eigenvalue weighted by molar-refractivity contribution is 7.90. The average molecular weight is 514 g/mol. The van der Waals surface area contributed by atoms with Gasteiger partial charge in [-0.05, 0) is 44.0 Å². The minimum atomic E-state index is -3.69. The summed E-state index contributed by atoms with van der Waals surface area (Å²) in [5.41, 5.74) is 2.72. The monoisotopic (exact) mass is 513 g/mol. The number of hydrogen-bond acceptors (Lipinski definition) is 7. The zero-order chi connectivity index (χ0) is 25.8. The molecule has 0 unspecified atom stereocenters. The van der Waals surface area contributed by atoms with Gasteiger partial charge in [-0.25, -0.2) is 27.2 Å². The predicted octanol–water partition coefficient (Wildman–Crippen LogP) is 4.35. The Bertz CT molecular complexity index is 1520. The first kappa shape index (κ1) is 24.2. The molecule has 11 heteroatoms. The van der Waals surface area contributed by atoms with Crippen molar-refractivity contribution in [3.63, 3.8) is 0 Å². The fourth-order valence-corrected chi connectivity index (χ4v) is 5.25. The van der Waals surface area contributed by atoms with Crippen molar-refractivity contribution in [1.29, 1.82) is 0 Å². The van der Waals surface area contributed by atoms with Crippen molar-refractivity contribution in [2.24, 2.45) is 18.0 Å². The SMILES string of the molecule is Cc1cn(C)c(-c2ccc(Nc3cc(CC(=O)C4CC4)nc4c3N=C(C(F)F)C4)c(S(C)(=O)=O)c2)n1. The van der Waals surface area contributed by atoms with E-state index in [9.17, 15) is 22.0 Å². The summed E-state index contributed by atoms with van der Waals surface area (Å²) >= 11 is 0. The number of hydrogen-bond donors (Lipinski definition) is 1. The number of imidazole rings is 1. The molecule has 5 rings (SSSR count). The number of nitrogens with zero attached hydrogens (tertiary/aromatic N) is 4. The molecule has 1 saturated carbocycles. The number of fused-ring (bicyclic) bond motifs is 1. The molecule has 1 aliphatic heterocycles. The van der Waals surface area contributed by atoms with Crippen molar-refractivity contribution in [2.75, 3.05) is 11.6 Å². The van der Waals surface area contributed by atoms with Crippen LogP contribution in [0.4, 0.5) is 25.8 Å². The van der Waals surface area contributed by atoms with Gasteiger partial charge in [0, 0.05) is 43.8 Å². The Morgan fingerprint density at radius 3 is 2.56 bits per heavy atom. The maximum atomic E-state index is 13.4. The quantitative estimate of drug-likeness (QED) is 0.480. The van der Waals surface area contributed by atoms with Crippen molar-refractivity contribution >= 4 is 38.4 Å². The largest absolute Gasteiger partial charge is 0.353 e. The molecule has 2 aromatic heterocycles. The molecule has 0 atom stereocenters. The molecule has 36 heavy (non-hydrogen) atoms. The lowest BCUT2D eigenvalue weighted by Crippen LogP contribution is -2.11. The van der Waals surface area contributed by atoms with Crippen LogP contribution in [0.25, 0.3) is 11.4 Å². The standard InChI is InChI=1S/C25H25F2N5O3S/c1-13-12-32(2)25(28-13)15-6-7-17(22(8-15)36(3,34)35)30-18-9-16(10-21(33)14-4-5-14)29-19-11-20(24(26)27)31-23(18)19/h6-9,12,14,24H,4-5,10-11H2,1-3H3,(H,29,30). The van der Waals surface area contributed by atoms with E-state index in [0.717, 1.165) is 24.8 Å². The molecule has 1 aliphatic carbocycles. The van der Waals surface area contributed by atoms with E-state index in [-0.39, 0.29) is 46.5 Å². The molecular formula is C25H25F2N5O3S. The lowest BCUT2D eigenvalue weighted by molar-refractivity contribution is -0.119. The highest BCUT2D eigenvalue weighted by Gasteiger charge is 2.31. The number of benzene rings is 1. The van der Waals surface area contributed by atoms with E-state index in [1.54, 1.807) is 18.2 Å². The topological polar surface area (TPSA) is 106 Å². The van der Waals surface area contributed by atoms with Gasteiger partial charge in [0.05, 0.1) is 39.1 Å². The van der Waals surface area contributed by atoms with E-state index < -0.39 is 16.3 Å². The third kappa shape index (κ3) is 4.79. The molecule has 2 aliphatic rings. The van der Waals surface area contributed by atoms with Gasteiger partial charge in [-0.15, -0.1) is 0 Å². The molecule has 8 nitrogen and oxygen atoms in total. The number of rotatable bonds is 8. The fraction of sp³-hybridized carbons (Fsp3) is 0.360. The predicted molar refractivity (Wildman–Crippen MR) is 132 cm³/mol. The highest BCUT2D eigenvalue weighted by atomic mass is 32.2. The molecule has 0 bridgehead atoms. The van der Waals surface area contributed by atoms with Gasteiger partial charge in [0.15, 0.2) is 9.84 Å². The van der Waals surface area contributed by atoms with E-state index in [0.29, 0.717) is 28.5 Å². The van der Waals surface area contributed by atoms with E-state index in [4.69, 9.17) is 0 Å². The Balaban J connectivity index is 1.57. The van der Waals surface area contributed by atoms with Crippen molar-refractivity contribution in [2.45, 2.75) is 43.9 Å². The van der Waals surface area contributed by atoms with Gasteiger partial charge in [-0.3, -0.25) is 9.78 Å². The first-order chi connectivity index (χ1) is 17.0. The number of halogens is 2. The average Bonchev–Trinajstić information content (AvgIpc) is 3.47. The molecule has 1 aromatic carbocycles. The van der Waals surface area contributed by atoms with Gasteiger partial charge in [0.2, 0.25) is 0 Å². The van der Waals surface area contributed by atoms with Crippen LogP contribution in [-0.4, -0.2) is 47.1 Å². The molecule has 0 amide bonds. The van der Waals surface area contributed by atoms with E-state index in [2.05, 4.69) is 20.3 Å². The molecule has 0 saturated heterocycles. The molecule has 3 heterocycles. The summed E-state index contributed by atoms with van der Waals surface area (Å²) in [6, 6.07) is 6.49. The highest BCUT2D eigenvalue weighted by Crippen LogP contribution is 2.39. The number of carbonyl (C=O) groups is 1. The maximum absolute atomic E-state index is 13.4. The Morgan fingerprint density at radius 2 is 1.94 bits per heavy atom. The van der Waals surface area contributed by atoms with Crippen molar-refractivity contribution in [3.8, 4) is 11.4 Å². The molecule has 0 radical (unpaired) electrons. The molecule has 0 spiro atoms. The summed E-state index contributed by atoms with van der Waals surface area (Å²) < 4.78 is 54.1. The normalized spacial score (nSPS) is 15.2. The van der Waals surface area contributed by atoms with Crippen LogP contribution in [-0.2, 0) is 34.5 Å². The Labute approximate surface area is 207 Å². The second-order valence-corrected chi connectivity index (χ2v) is 11.4. The number of aliphatic imine (C=N–C) groups is 1. The van der Waals surface area contributed by atoms with Gasteiger partial charge in [0.25, 0.3) is 6.43 Å². The minimum Gasteiger partial charge on any atom is -0.353 e. The van der Waals surface area contributed by atoms with Crippen LogP contribution in [0.2, 0.25) is 0 Å². The lowest BCUT2D eigenvalue weighted by Gasteiger charge is -2.15. The molecule has 1 fully saturated rings. The summed E-state index contributed by atoms with van der Waals surface area (Å²) in [5, 5.41) is 3.09. The zero-order valence-electron chi connectivity index (χ0n) is 20.0. The van der Waals surface area contributed by atoms with Gasteiger partial charge < -0.3 is 9.88 Å². The number of aryl methyl sites for hydroxylation is 2. The molecule has 3 aromatic rings. The van der Waals surface area contributed by atoms with E-state index >= 15 is 0 Å². The first-order valence-corrected chi connectivity index (χ1v) is 13.4. The second-order valence-electron chi connectivity index (χ2n) is 9.38. The van der Waals surface area contributed by atoms with E-state index in [1.165, 1.54) is 6.07 Å². The number of sulfone groups is 1. The lowest BCUT2D eigenvalue weighted by atomic mass is 10.1. The van der Waals surface area contributed by atoms with Gasteiger partial charge in [0.1, 0.15) is 17.3 Å². The molecule has 1 N–H and O–H groups in total. The number of Topliss-reactive ketones (excluding diaryl/α,β-unsaturated/α-hetero) is 1. The Kier molecular flexibility index (Phi) is 5.98. The number of anilines is 2. The van der Waals surface area contributed by atoms with Crippen molar-refractivity contribution in [3.05, 3.63) is 47.5 Å². The third-order valence-corrected chi connectivity index (χ3v) is 7.40. The van der Waals surface area contributed by atoms with Gasteiger partial charge >= 0.3 is 0 Å². The Hall–Kier alpha value is -3.47. The number of pyridine rings is 1. The number of ketones is 1. The van der Waals surface area contributed by atoms with Crippen molar-refractivity contribution < 1.29 is 22.0 Å². The number of alkyl halides is 2. The van der Waals surface area contributed by atoms with Crippen LogP contribution in [0.15, 0.2) is 40.4 Å². The summed E-state index contributed by atoms with van der Waals surface area (Å²) in [5.74, 6) is 0.706. The number of nitrogens with one attached hydrogen (secondary N) is 1. The van der Waals surface area contributed by atoms with Crippen LogP contribution in [0.1, 0.15) is 29.9 Å². The molecule has 188 valence electrons. The van der Waals surface area contributed by atoms with Crippen LogP contribution in [0, 0.1) is 12.8 Å². The number of carbonyl (C=O) groups excluding carboxylic acids is 1. The summed E-state index contributed by atoms with van der Waals surface area (Å²) in [7, 11) is -1.86. The van der Waals surface area contributed by atoms with Crippen LogP contribution >= 0.6 is 0 Å². The first-order valence-electron chi connectivity index (χ1n) is 11.5. The Morgan fingerprint density at radius 1 is 1.19 bits per heavy atom. The van der Waals surface area contributed by atoms with Crippen LogP contribution in [0.3, 0.4) is 0 Å². The second kappa shape index (κ2) is 8.88. The van der Waals surface area contributed by atoms with Crippen LogP contribution in [0.5, 0.6) is 0 Å². The third-order valence-electron chi connectivity index (χ3n) is 6.27. The maximum Gasteiger partial charge on any atom is 0.277 e.